The molecule has 1 aliphatic carbocycles. The van der Waals surface area contributed by atoms with Gasteiger partial charge in [0.15, 0.2) is 0 Å². The van der Waals surface area contributed by atoms with Crippen LogP contribution in [0.3, 0.4) is 0 Å². The molecule has 15 heteroatoms. The third kappa shape index (κ3) is 5.72. The van der Waals surface area contributed by atoms with E-state index in [1.165, 1.54) is 20.8 Å². The summed E-state index contributed by atoms with van der Waals surface area (Å²) in [5, 5.41) is 19.3. The number of piperidine rings is 1. The molecule has 3 amide bonds. The Morgan fingerprint density at radius 1 is 1.30 bits per heavy atom. The van der Waals surface area contributed by atoms with E-state index in [-0.39, 0.29) is 12.3 Å². The fraction of sp³-hybridized carbons (Fsp3) is 0.773. The summed E-state index contributed by atoms with van der Waals surface area (Å²) in [5.41, 5.74) is -1.17. The van der Waals surface area contributed by atoms with E-state index in [9.17, 15) is 41.6 Å². The van der Waals surface area contributed by atoms with Crippen LogP contribution in [0.2, 0.25) is 0 Å². The average Bonchev–Trinajstić information content (AvgIpc) is 3.14. The number of hydrogen-bond acceptors (Lipinski definition) is 6. The lowest BCUT2D eigenvalue weighted by Crippen LogP contribution is -2.61. The second-order valence-corrected chi connectivity index (χ2v) is 10.5. The fourth-order valence-corrected chi connectivity index (χ4v) is 4.89. The van der Waals surface area contributed by atoms with E-state index in [1.54, 1.807) is 0 Å². The molecule has 0 bridgehead atoms. The van der Waals surface area contributed by atoms with Gasteiger partial charge < -0.3 is 25.7 Å². The molecule has 2 aliphatic heterocycles. The lowest BCUT2D eigenvalue weighted by atomic mass is 9.85. The number of hydrogen-bond donors (Lipinski definition) is 3. The van der Waals surface area contributed by atoms with Crippen molar-refractivity contribution in [1.29, 1.82) is 5.26 Å². The molecule has 1 saturated carbocycles. The summed E-state index contributed by atoms with van der Waals surface area (Å²) in [5.74, 6) is -10.6. The van der Waals surface area contributed by atoms with Gasteiger partial charge in [0.05, 0.1) is 17.9 Å². The van der Waals surface area contributed by atoms with Crippen LogP contribution in [-0.4, -0.2) is 78.9 Å². The zero-order chi connectivity index (χ0) is 27.9. The maximum absolute atomic E-state index is 14.4. The molecule has 2 saturated heterocycles. The van der Waals surface area contributed by atoms with Crippen molar-refractivity contribution in [3.8, 4) is 6.07 Å². The van der Waals surface area contributed by atoms with Gasteiger partial charge in [-0.05, 0) is 18.3 Å². The SMILES string of the molecule is CO/N=C(\N[C@H](C(=O)N1C[C@H]2[C@@H]([C@H]1C(=O)N[C@H](C#N)C[C@@H]1CCNC1=O)C2(F)F)C(C)(C)C)C(F)(F)F. The summed E-state index contributed by atoms with van der Waals surface area (Å²) in [6.07, 6.45) is -4.62. The van der Waals surface area contributed by atoms with Gasteiger partial charge in [-0.25, -0.2) is 8.78 Å². The number of amidine groups is 1. The normalized spacial score (nSPS) is 28.5. The first kappa shape index (κ1) is 28.4. The van der Waals surface area contributed by atoms with Crippen molar-refractivity contribution in [3.05, 3.63) is 0 Å². The largest absolute Gasteiger partial charge is 0.452 e. The first-order valence-corrected chi connectivity index (χ1v) is 11.6. The van der Waals surface area contributed by atoms with Crippen molar-refractivity contribution in [2.45, 2.75) is 63.8 Å². The Kier molecular flexibility index (Phi) is 7.63. The molecule has 0 aromatic heterocycles. The second-order valence-electron chi connectivity index (χ2n) is 10.5. The van der Waals surface area contributed by atoms with E-state index < -0.39 is 77.6 Å². The molecule has 0 aromatic carbocycles. The van der Waals surface area contributed by atoms with Crippen LogP contribution < -0.4 is 16.0 Å². The zero-order valence-corrected chi connectivity index (χ0v) is 20.7. The minimum absolute atomic E-state index is 0.0478. The van der Waals surface area contributed by atoms with E-state index in [1.807, 2.05) is 11.4 Å². The van der Waals surface area contributed by atoms with Crippen LogP contribution in [0.4, 0.5) is 22.0 Å². The Morgan fingerprint density at radius 2 is 1.95 bits per heavy atom. The number of oxime groups is 1. The van der Waals surface area contributed by atoms with Crippen LogP contribution in [0, 0.1) is 34.5 Å². The standard InChI is InChI=1S/C22H29F5N6O4/c1-20(2,3)15(31-19(32-37-4)22(25,26)27)18(36)33-9-12-13(21(12,23)24)14(33)17(35)30-11(8-28)7-10-5-6-29-16(10)34/h10-15H,5-7,9H2,1-4H3,(H,29,34)(H,30,35)(H,31,32)/t10-,11-,12-,13-,14-,15+/m0/s1. The van der Waals surface area contributed by atoms with Crippen LogP contribution >= 0.6 is 0 Å². The predicted octanol–water partition coefficient (Wildman–Crippen LogP) is 1.14. The van der Waals surface area contributed by atoms with Gasteiger partial charge in [0.1, 0.15) is 25.2 Å². The highest BCUT2D eigenvalue weighted by molar-refractivity contribution is 5.96. The number of nitriles is 1. The Bertz CT molecular complexity index is 1000. The minimum Gasteiger partial charge on any atom is -0.397 e. The lowest BCUT2D eigenvalue weighted by molar-refractivity contribution is -0.145. The number of amides is 3. The van der Waals surface area contributed by atoms with Crippen LogP contribution in [0.25, 0.3) is 0 Å². The van der Waals surface area contributed by atoms with Gasteiger partial charge in [0.25, 0.3) is 5.92 Å². The molecule has 0 spiro atoms. The smallest absolute Gasteiger partial charge is 0.397 e. The van der Waals surface area contributed by atoms with Crippen molar-refractivity contribution >= 4 is 23.6 Å². The van der Waals surface area contributed by atoms with E-state index >= 15 is 0 Å². The third-order valence-corrected chi connectivity index (χ3v) is 6.88. The summed E-state index contributed by atoms with van der Waals surface area (Å²) in [7, 11) is 0.888. The van der Waals surface area contributed by atoms with Gasteiger partial charge >= 0.3 is 6.18 Å². The van der Waals surface area contributed by atoms with Gasteiger partial charge in [-0.2, -0.15) is 18.4 Å². The molecule has 6 atom stereocenters. The lowest BCUT2D eigenvalue weighted by Gasteiger charge is -2.37. The quantitative estimate of drug-likeness (QED) is 0.193. The molecule has 0 radical (unpaired) electrons. The average molecular weight is 537 g/mol. The summed E-state index contributed by atoms with van der Waals surface area (Å²) >= 11 is 0. The van der Waals surface area contributed by atoms with Crippen molar-refractivity contribution in [2.75, 3.05) is 20.2 Å². The molecule has 10 nitrogen and oxygen atoms in total. The van der Waals surface area contributed by atoms with Gasteiger partial charge in [-0.1, -0.05) is 25.9 Å². The van der Waals surface area contributed by atoms with Crippen LogP contribution in [0.1, 0.15) is 33.6 Å². The second kappa shape index (κ2) is 9.94. The van der Waals surface area contributed by atoms with Crippen LogP contribution in [0.5, 0.6) is 0 Å². The number of rotatable bonds is 7. The Morgan fingerprint density at radius 3 is 2.43 bits per heavy atom. The summed E-state index contributed by atoms with van der Waals surface area (Å²) < 4.78 is 69.0. The third-order valence-electron chi connectivity index (χ3n) is 6.88. The Labute approximate surface area is 209 Å². The number of nitrogens with one attached hydrogen (secondary N) is 3. The number of carbonyl (C=O) groups excluding carboxylic acids is 3. The predicted molar refractivity (Wildman–Crippen MR) is 118 cm³/mol. The van der Waals surface area contributed by atoms with Gasteiger partial charge in [0, 0.05) is 19.0 Å². The molecule has 37 heavy (non-hydrogen) atoms. The minimum atomic E-state index is -5.01. The number of halogens is 5. The Balaban J connectivity index is 1.84. The molecule has 3 N–H and O–H groups in total. The Hall–Kier alpha value is -3.18. The van der Waals surface area contributed by atoms with Crippen molar-refractivity contribution in [3.63, 3.8) is 0 Å². The van der Waals surface area contributed by atoms with E-state index in [0.29, 0.717) is 13.0 Å². The van der Waals surface area contributed by atoms with Gasteiger partial charge in [0.2, 0.25) is 23.6 Å². The van der Waals surface area contributed by atoms with E-state index in [2.05, 4.69) is 20.6 Å². The molecule has 3 rings (SSSR count). The van der Waals surface area contributed by atoms with Crippen LogP contribution in [-0.2, 0) is 19.2 Å². The molecule has 0 unspecified atom stereocenters. The maximum Gasteiger partial charge on any atom is 0.452 e. The molecular formula is C22H29F5N6O4. The maximum atomic E-state index is 14.4. The number of carbonyl (C=O) groups is 3. The highest BCUT2D eigenvalue weighted by Gasteiger charge is 2.78. The van der Waals surface area contributed by atoms with Gasteiger partial charge in [-0.15, -0.1) is 0 Å². The monoisotopic (exact) mass is 536 g/mol. The highest BCUT2D eigenvalue weighted by atomic mass is 19.4. The number of alkyl halides is 5. The topological polar surface area (TPSA) is 136 Å². The number of nitrogens with zero attached hydrogens (tertiary/aromatic N) is 3. The molecule has 3 aliphatic rings. The van der Waals surface area contributed by atoms with Crippen molar-refractivity contribution < 1.29 is 41.2 Å². The summed E-state index contributed by atoms with van der Waals surface area (Å²) in [4.78, 5) is 43.5. The molecule has 0 aromatic rings. The van der Waals surface area contributed by atoms with E-state index in [0.717, 1.165) is 12.0 Å². The first-order valence-electron chi connectivity index (χ1n) is 11.6. The fourth-order valence-electron chi connectivity index (χ4n) is 4.89. The highest BCUT2D eigenvalue weighted by Crippen LogP contribution is 2.62. The molecular weight excluding hydrogens is 507 g/mol. The van der Waals surface area contributed by atoms with Crippen molar-refractivity contribution in [1.82, 2.24) is 20.9 Å². The summed E-state index contributed by atoms with van der Waals surface area (Å²) in [6.45, 7) is 4.24. The zero-order valence-electron chi connectivity index (χ0n) is 20.7. The first-order chi connectivity index (χ1) is 17.0. The molecule has 206 valence electrons. The number of likely N-dealkylation sites (tertiary alicyclic amines) is 1. The summed E-state index contributed by atoms with van der Waals surface area (Å²) in [6, 6.07) is -2.68. The molecule has 2 heterocycles. The van der Waals surface area contributed by atoms with Crippen LogP contribution in [0.15, 0.2) is 5.16 Å². The van der Waals surface area contributed by atoms with Crippen molar-refractivity contribution in [2.24, 2.45) is 28.3 Å². The van der Waals surface area contributed by atoms with E-state index in [4.69, 9.17) is 0 Å². The number of fused-ring (bicyclic) bond motifs is 1. The molecule has 3 fully saturated rings. The van der Waals surface area contributed by atoms with Gasteiger partial charge in [-0.3, -0.25) is 14.4 Å².